The van der Waals surface area contributed by atoms with E-state index in [0.29, 0.717) is 0 Å². The van der Waals surface area contributed by atoms with Crippen LogP contribution < -0.4 is 0 Å². The van der Waals surface area contributed by atoms with Crippen LogP contribution in [0.1, 0.15) is 22.3 Å². The molecule has 0 aliphatic heterocycles. The second kappa shape index (κ2) is 4.13. The predicted molar refractivity (Wildman–Crippen MR) is 42.8 cm³/mol. The van der Waals surface area contributed by atoms with Crippen LogP contribution in [0, 0.1) is 16.1 Å². The summed E-state index contributed by atoms with van der Waals surface area (Å²) >= 11 is 0. The Morgan fingerprint density at radius 1 is 1.56 bits per heavy atom. The number of rotatable bonds is 3. The van der Waals surface area contributed by atoms with Crippen LogP contribution in [0.15, 0.2) is 6.07 Å². The fraction of sp³-hybridized carbons (Fsp3) is 0.143. The van der Waals surface area contributed by atoms with Crippen molar-refractivity contribution in [2.24, 2.45) is 0 Å². The number of hydrogen-bond donors (Lipinski definition) is 1. The molecule has 0 spiro atoms. The van der Waals surface area contributed by atoms with Crippen LogP contribution in [0.4, 0.5) is 19.0 Å². The third kappa shape index (κ3) is 2.07. The van der Waals surface area contributed by atoms with Crippen LogP contribution in [0.3, 0.4) is 0 Å². The van der Waals surface area contributed by atoms with Gasteiger partial charge in [-0.1, -0.05) is 0 Å². The minimum Gasteiger partial charge on any atom is -0.477 e. The lowest BCUT2D eigenvalue weighted by Gasteiger charge is -2.02. The van der Waals surface area contributed by atoms with Crippen molar-refractivity contribution < 1.29 is 28.0 Å². The van der Waals surface area contributed by atoms with E-state index in [0.717, 1.165) is 0 Å². The molecule has 16 heavy (non-hydrogen) atoms. The number of halogens is 3. The highest BCUT2D eigenvalue weighted by Gasteiger charge is 2.29. The van der Waals surface area contributed by atoms with Gasteiger partial charge in [0.05, 0.1) is 0 Å². The van der Waals surface area contributed by atoms with Gasteiger partial charge in [-0.3, -0.25) is 0 Å². The summed E-state index contributed by atoms with van der Waals surface area (Å²) in [6.45, 7) is 0. The Morgan fingerprint density at radius 2 is 2.12 bits per heavy atom. The first-order valence-electron chi connectivity index (χ1n) is 3.71. The number of carbonyl (C=O) groups is 1. The summed E-state index contributed by atoms with van der Waals surface area (Å²) in [6, 6.07) is 0.202. The van der Waals surface area contributed by atoms with Gasteiger partial charge < -0.3 is 15.2 Å². The fourth-order valence-corrected chi connectivity index (χ4v) is 0.954. The Bertz CT molecular complexity index is 463. The molecule has 1 aromatic rings. The number of alkyl halides is 2. The molecule has 0 saturated heterocycles. The van der Waals surface area contributed by atoms with Crippen molar-refractivity contribution in [3.05, 3.63) is 33.3 Å². The minimum absolute atomic E-state index is 0.202. The first-order valence-corrected chi connectivity index (χ1v) is 3.71. The maximum Gasteiger partial charge on any atom is 0.375 e. The number of nitro groups is 1. The number of carboxylic acids is 1. The monoisotopic (exact) mass is 236 g/mol. The van der Waals surface area contributed by atoms with Crippen molar-refractivity contribution in [1.82, 2.24) is 4.98 Å². The molecule has 0 bridgehead atoms. The Kier molecular flexibility index (Phi) is 3.06. The average Bonchev–Trinajstić information content (AvgIpc) is 2.15. The van der Waals surface area contributed by atoms with Gasteiger partial charge in [-0.05, 0) is 16.0 Å². The highest BCUT2D eigenvalue weighted by atomic mass is 19.3. The predicted octanol–water partition coefficient (Wildman–Crippen LogP) is 1.76. The third-order valence-electron chi connectivity index (χ3n) is 1.62. The molecule has 0 saturated carbocycles. The Morgan fingerprint density at radius 3 is 2.50 bits per heavy atom. The molecule has 1 aromatic heterocycles. The molecule has 0 amide bonds. The van der Waals surface area contributed by atoms with Gasteiger partial charge in [0.1, 0.15) is 11.1 Å². The van der Waals surface area contributed by atoms with Crippen molar-refractivity contribution >= 4 is 11.8 Å². The van der Waals surface area contributed by atoms with E-state index in [1.807, 2.05) is 0 Å². The zero-order valence-corrected chi connectivity index (χ0v) is 7.35. The number of pyridine rings is 1. The molecule has 0 unspecified atom stereocenters. The quantitative estimate of drug-likeness (QED) is 0.490. The molecule has 0 radical (unpaired) electrons. The lowest BCUT2D eigenvalue weighted by Crippen LogP contribution is -2.08. The summed E-state index contributed by atoms with van der Waals surface area (Å²) in [6.07, 6.45) is -3.31. The van der Waals surface area contributed by atoms with E-state index in [-0.39, 0.29) is 6.07 Å². The van der Waals surface area contributed by atoms with Gasteiger partial charge in [0, 0.05) is 0 Å². The largest absolute Gasteiger partial charge is 0.477 e. The Hall–Kier alpha value is -2.19. The number of aromatic carboxylic acids is 1. The van der Waals surface area contributed by atoms with E-state index in [9.17, 15) is 28.1 Å². The molecule has 0 fully saturated rings. The van der Waals surface area contributed by atoms with E-state index in [4.69, 9.17) is 5.11 Å². The van der Waals surface area contributed by atoms with Crippen LogP contribution in [0.5, 0.6) is 0 Å². The van der Waals surface area contributed by atoms with Crippen molar-refractivity contribution in [2.45, 2.75) is 6.43 Å². The molecule has 6 nitrogen and oxygen atoms in total. The summed E-state index contributed by atoms with van der Waals surface area (Å²) in [4.78, 5) is 21.9. The lowest BCUT2D eigenvalue weighted by molar-refractivity contribution is -0.391. The number of aromatic nitrogens is 1. The van der Waals surface area contributed by atoms with Crippen molar-refractivity contribution in [1.29, 1.82) is 0 Å². The van der Waals surface area contributed by atoms with Gasteiger partial charge in [-0.2, -0.15) is 4.39 Å². The molecule has 0 aliphatic carbocycles. The van der Waals surface area contributed by atoms with Crippen LogP contribution in [0.25, 0.3) is 0 Å². The van der Waals surface area contributed by atoms with Crippen molar-refractivity contribution in [3.8, 4) is 0 Å². The molecule has 1 heterocycles. The second-order valence-corrected chi connectivity index (χ2v) is 2.60. The normalized spacial score (nSPS) is 10.5. The molecule has 1 N–H and O–H groups in total. The van der Waals surface area contributed by atoms with Gasteiger partial charge in [0.25, 0.3) is 6.43 Å². The van der Waals surface area contributed by atoms with Gasteiger partial charge in [-0.25, -0.2) is 13.6 Å². The molecule has 86 valence electrons. The van der Waals surface area contributed by atoms with E-state index in [2.05, 4.69) is 4.98 Å². The standard InChI is InChI=1S/C7H3F3N2O4/c8-4(9)2-1-3(7(13)14)5(10)11-6(2)12(15)16/h1,4H,(H,13,14). The Labute approximate surface area is 85.5 Å². The van der Waals surface area contributed by atoms with Crippen molar-refractivity contribution in [3.63, 3.8) is 0 Å². The summed E-state index contributed by atoms with van der Waals surface area (Å²) in [5.74, 6) is -4.90. The van der Waals surface area contributed by atoms with Crippen LogP contribution >= 0.6 is 0 Å². The van der Waals surface area contributed by atoms with E-state index < -0.39 is 40.2 Å². The second-order valence-electron chi connectivity index (χ2n) is 2.60. The fourth-order valence-electron chi connectivity index (χ4n) is 0.954. The Balaban J connectivity index is 3.49. The maximum absolute atomic E-state index is 12.9. The van der Waals surface area contributed by atoms with Crippen LogP contribution in [-0.4, -0.2) is 21.0 Å². The highest BCUT2D eigenvalue weighted by Crippen LogP contribution is 2.28. The van der Waals surface area contributed by atoms with E-state index in [1.165, 1.54) is 0 Å². The van der Waals surface area contributed by atoms with E-state index in [1.54, 1.807) is 0 Å². The summed E-state index contributed by atoms with van der Waals surface area (Å²) in [5.41, 5.74) is -2.37. The SMILES string of the molecule is O=C(O)c1cc(C(F)F)c([N+](=O)[O-])nc1F. The highest BCUT2D eigenvalue weighted by molar-refractivity contribution is 5.88. The summed E-state index contributed by atoms with van der Waals surface area (Å²) in [7, 11) is 0. The maximum atomic E-state index is 12.9. The van der Waals surface area contributed by atoms with Gasteiger partial charge >= 0.3 is 17.7 Å². The summed E-state index contributed by atoms with van der Waals surface area (Å²) < 4.78 is 37.5. The number of carboxylic acid groups (broad SMARTS) is 1. The van der Waals surface area contributed by atoms with Gasteiger partial charge in [0.15, 0.2) is 0 Å². The van der Waals surface area contributed by atoms with Crippen LogP contribution in [-0.2, 0) is 0 Å². The summed E-state index contributed by atoms with van der Waals surface area (Å²) in [5, 5.41) is 18.7. The molecule has 0 aliphatic rings. The molecular weight excluding hydrogens is 233 g/mol. The molecule has 9 heteroatoms. The molecule has 1 rings (SSSR count). The average molecular weight is 236 g/mol. The van der Waals surface area contributed by atoms with Crippen molar-refractivity contribution in [2.75, 3.05) is 0 Å². The first-order chi connectivity index (χ1) is 7.34. The molecule has 0 atom stereocenters. The third-order valence-corrected chi connectivity index (χ3v) is 1.62. The van der Waals surface area contributed by atoms with E-state index >= 15 is 0 Å². The zero-order valence-electron chi connectivity index (χ0n) is 7.35. The minimum atomic E-state index is -3.31. The van der Waals surface area contributed by atoms with Crippen LogP contribution in [0.2, 0.25) is 0 Å². The topological polar surface area (TPSA) is 93.3 Å². The molecular formula is C7H3F3N2O4. The smallest absolute Gasteiger partial charge is 0.375 e. The lowest BCUT2D eigenvalue weighted by atomic mass is 10.2. The number of nitrogens with zero attached hydrogens (tertiary/aromatic N) is 2. The van der Waals surface area contributed by atoms with Gasteiger partial charge in [-0.15, -0.1) is 0 Å². The number of hydrogen-bond acceptors (Lipinski definition) is 4. The molecule has 0 aromatic carbocycles. The first kappa shape index (κ1) is 11.9. The zero-order chi connectivity index (χ0) is 12.5. The van der Waals surface area contributed by atoms with Gasteiger partial charge in [0.2, 0.25) is 0 Å².